The first-order valence-corrected chi connectivity index (χ1v) is 5.25. The first kappa shape index (κ1) is 12.6. The van der Waals surface area contributed by atoms with Crippen molar-refractivity contribution in [3.63, 3.8) is 0 Å². The number of nitrogens with zero attached hydrogens (tertiary/aromatic N) is 3. The highest BCUT2D eigenvalue weighted by atomic mass is 16.4. The molecule has 0 fully saturated rings. The number of carboxylic acids is 1. The van der Waals surface area contributed by atoms with Crippen molar-refractivity contribution >= 4 is 17.6 Å². The summed E-state index contributed by atoms with van der Waals surface area (Å²) in [6, 6.07) is 1.40. The number of pyridine rings is 1. The highest BCUT2D eigenvalue weighted by Crippen LogP contribution is 2.17. The summed E-state index contributed by atoms with van der Waals surface area (Å²) >= 11 is 0. The molecule has 0 aliphatic rings. The predicted octanol–water partition coefficient (Wildman–Crippen LogP) is -0.0450. The smallest absolute Gasteiger partial charge is 0.354 e. The maximum atomic E-state index is 11.1. The highest BCUT2D eigenvalue weighted by molar-refractivity contribution is 5.95. The second-order valence-electron chi connectivity index (χ2n) is 3.90. The van der Waals surface area contributed by atoms with Crippen LogP contribution >= 0.6 is 0 Å². The predicted molar refractivity (Wildman–Crippen MR) is 66.0 cm³/mol. The van der Waals surface area contributed by atoms with E-state index in [1.807, 2.05) is 0 Å². The van der Waals surface area contributed by atoms with Crippen molar-refractivity contribution in [2.45, 2.75) is 6.92 Å². The van der Waals surface area contributed by atoms with Crippen LogP contribution in [-0.2, 0) is 0 Å². The van der Waals surface area contributed by atoms with Gasteiger partial charge in [-0.1, -0.05) is 0 Å². The molecule has 0 atom stereocenters. The van der Waals surface area contributed by atoms with Crippen LogP contribution < -0.4 is 11.5 Å². The molecule has 0 unspecified atom stereocenters. The standard InChI is InChI=1S/C11H11N5O3/c1-5-2-7(11(18)19)14-3-8(5)16-4-6(12)9(15-16)10(13)17/h2-4H,12H2,1H3,(H2,13,17)(H,18,19). The maximum absolute atomic E-state index is 11.1. The lowest BCUT2D eigenvalue weighted by Crippen LogP contribution is -2.14. The topological polar surface area (TPSA) is 137 Å². The third-order valence-corrected chi connectivity index (χ3v) is 2.53. The first-order chi connectivity index (χ1) is 8.90. The number of aromatic nitrogens is 3. The lowest BCUT2D eigenvalue weighted by molar-refractivity contribution is 0.0690. The minimum atomic E-state index is -1.12. The van der Waals surface area contributed by atoms with Gasteiger partial charge < -0.3 is 16.6 Å². The van der Waals surface area contributed by atoms with E-state index in [4.69, 9.17) is 16.6 Å². The fourth-order valence-corrected chi connectivity index (χ4v) is 1.61. The fraction of sp³-hybridized carbons (Fsp3) is 0.0909. The number of aromatic carboxylic acids is 1. The van der Waals surface area contributed by atoms with Crippen molar-refractivity contribution in [1.82, 2.24) is 14.8 Å². The van der Waals surface area contributed by atoms with Crippen LogP contribution in [0.4, 0.5) is 5.69 Å². The number of anilines is 1. The summed E-state index contributed by atoms with van der Waals surface area (Å²) in [6.07, 6.45) is 2.76. The lowest BCUT2D eigenvalue weighted by Gasteiger charge is -2.05. The van der Waals surface area contributed by atoms with Crippen LogP contribution in [0.5, 0.6) is 0 Å². The van der Waals surface area contributed by atoms with Gasteiger partial charge >= 0.3 is 5.97 Å². The third-order valence-electron chi connectivity index (χ3n) is 2.53. The van der Waals surface area contributed by atoms with Crippen LogP contribution in [-0.4, -0.2) is 31.7 Å². The molecule has 0 aromatic carbocycles. The Kier molecular flexibility index (Phi) is 2.91. The van der Waals surface area contributed by atoms with Crippen LogP contribution in [0.3, 0.4) is 0 Å². The molecule has 2 aromatic rings. The number of aryl methyl sites for hydroxylation is 1. The second kappa shape index (κ2) is 4.41. The SMILES string of the molecule is Cc1cc(C(=O)O)ncc1-n1cc(N)c(C(N)=O)n1. The Hall–Kier alpha value is -2.90. The number of rotatable bonds is 3. The molecule has 2 heterocycles. The number of hydrogen-bond donors (Lipinski definition) is 3. The number of primary amides is 1. The molecule has 2 aromatic heterocycles. The number of nitrogens with two attached hydrogens (primary N) is 2. The molecule has 2 rings (SSSR count). The van der Waals surface area contributed by atoms with Crippen LogP contribution in [0.2, 0.25) is 0 Å². The second-order valence-corrected chi connectivity index (χ2v) is 3.90. The maximum Gasteiger partial charge on any atom is 0.354 e. The fourth-order valence-electron chi connectivity index (χ4n) is 1.61. The zero-order chi connectivity index (χ0) is 14.2. The summed E-state index contributed by atoms with van der Waals surface area (Å²) < 4.78 is 1.34. The Balaban J connectivity index is 2.50. The Morgan fingerprint density at radius 1 is 1.42 bits per heavy atom. The molecular formula is C11H11N5O3. The van der Waals surface area contributed by atoms with Gasteiger partial charge in [0.15, 0.2) is 5.69 Å². The molecule has 8 nitrogen and oxygen atoms in total. The first-order valence-electron chi connectivity index (χ1n) is 5.25. The normalized spacial score (nSPS) is 10.4. The van der Waals surface area contributed by atoms with E-state index in [1.165, 1.54) is 23.1 Å². The molecule has 8 heteroatoms. The quantitative estimate of drug-likeness (QED) is 0.708. The lowest BCUT2D eigenvalue weighted by atomic mass is 10.2. The monoisotopic (exact) mass is 261 g/mol. The van der Waals surface area contributed by atoms with E-state index in [9.17, 15) is 9.59 Å². The summed E-state index contributed by atoms with van der Waals surface area (Å²) in [5.74, 6) is -1.85. The largest absolute Gasteiger partial charge is 0.477 e. The van der Waals surface area contributed by atoms with Crippen molar-refractivity contribution in [3.8, 4) is 5.69 Å². The number of amides is 1. The molecule has 5 N–H and O–H groups in total. The molecule has 0 saturated carbocycles. The number of carboxylic acid groups (broad SMARTS) is 1. The van der Waals surface area contributed by atoms with Crippen molar-refractivity contribution in [3.05, 3.63) is 35.4 Å². The van der Waals surface area contributed by atoms with E-state index in [2.05, 4.69) is 10.1 Å². The number of carbonyl (C=O) groups is 2. The molecule has 0 bridgehead atoms. The van der Waals surface area contributed by atoms with Gasteiger partial charge in [0, 0.05) is 0 Å². The van der Waals surface area contributed by atoms with E-state index in [1.54, 1.807) is 6.92 Å². The van der Waals surface area contributed by atoms with Gasteiger partial charge in [0.05, 0.1) is 23.8 Å². The Labute approximate surface area is 107 Å². The third kappa shape index (κ3) is 2.23. The van der Waals surface area contributed by atoms with E-state index in [-0.39, 0.29) is 17.1 Å². The molecule has 19 heavy (non-hydrogen) atoms. The Bertz CT molecular complexity index is 677. The van der Waals surface area contributed by atoms with Crippen LogP contribution in [0.25, 0.3) is 5.69 Å². The van der Waals surface area contributed by atoms with Crippen LogP contribution in [0.15, 0.2) is 18.5 Å². The van der Waals surface area contributed by atoms with Gasteiger partial charge in [0.1, 0.15) is 5.69 Å². The molecule has 1 amide bonds. The molecule has 0 aliphatic carbocycles. The average Bonchev–Trinajstić information content (AvgIpc) is 2.71. The Morgan fingerprint density at radius 2 is 2.11 bits per heavy atom. The van der Waals surface area contributed by atoms with E-state index >= 15 is 0 Å². The summed E-state index contributed by atoms with van der Waals surface area (Å²) in [7, 11) is 0. The minimum Gasteiger partial charge on any atom is -0.477 e. The zero-order valence-electron chi connectivity index (χ0n) is 9.99. The number of hydrogen-bond acceptors (Lipinski definition) is 5. The van der Waals surface area contributed by atoms with Crippen molar-refractivity contribution < 1.29 is 14.7 Å². The van der Waals surface area contributed by atoms with Gasteiger partial charge in [0.25, 0.3) is 5.91 Å². The molecular weight excluding hydrogens is 250 g/mol. The summed E-state index contributed by atoms with van der Waals surface area (Å²) in [5.41, 5.74) is 11.9. The average molecular weight is 261 g/mol. The molecule has 0 spiro atoms. The molecule has 0 saturated heterocycles. The van der Waals surface area contributed by atoms with Crippen molar-refractivity contribution in [2.75, 3.05) is 5.73 Å². The zero-order valence-corrected chi connectivity index (χ0v) is 9.99. The highest BCUT2D eigenvalue weighted by Gasteiger charge is 2.14. The number of nitrogen functional groups attached to an aromatic ring is 1. The molecule has 0 radical (unpaired) electrons. The molecule has 98 valence electrons. The van der Waals surface area contributed by atoms with Gasteiger partial charge in [-0.15, -0.1) is 0 Å². The summed E-state index contributed by atoms with van der Waals surface area (Å²) in [6.45, 7) is 1.70. The van der Waals surface area contributed by atoms with E-state index in [0.717, 1.165) is 0 Å². The van der Waals surface area contributed by atoms with Crippen LogP contribution in [0.1, 0.15) is 26.5 Å². The minimum absolute atomic E-state index is 0.0401. The van der Waals surface area contributed by atoms with Crippen molar-refractivity contribution in [1.29, 1.82) is 0 Å². The van der Waals surface area contributed by atoms with E-state index in [0.29, 0.717) is 11.3 Å². The van der Waals surface area contributed by atoms with Gasteiger partial charge in [-0.3, -0.25) is 4.79 Å². The summed E-state index contributed by atoms with van der Waals surface area (Å²) in [5, 5.41) is 12.8. The van der Waals surface area contributed by atoms with Crippen molar-refractivity contribution in [2.24, 2.45) is 5.73 Å². The van der Waals surface area contributed by atoms with Gasteiger partial charge in [-0.2, -0.15) is 5.10 Å². The van der Waals surface area contributed by atoms with Gasteiger partial charge in [-0.25, -0.2) is 14.5 Å². The van der Waals surface area contributed by atoms with Crippen LogP contribution in [0, 0.1) is 6.92 Å². The Morgan fingerprint density at radius 3 is 2.58 bits per heavy atom. The van der Waals surface area contributed by atoms with Gasteiger partial charge in [0.2, 0.25) is 0 Å². The van der Waals surface area contributed by atoms with E-state index < -0.39 is 11.9 Å². The number of carbonyl (C=O) groups excluding carboxylic acids is 1. The van der Waals surface area contributed by atoms with Gasteiger partial charge in [-0.05, 0) is 18.6 Å². The molecule has 0 aliphatic heterocycles. The summed E-state index contributed by atoms with van der Waals surface area (Å²) in [4.78, 5) is 25.6.